The first kappa shape index (κ1) is 21.4. The lowest BCUT2D eigenvalue weighted by atomic mass is 10.2. The molecule has 0 aliphatic carbocycles. The van der Waals surface area contributed by atoms with Crippen molar-refractivity contribution in [3.8, 4) is 5.69 Å². The van der Waals surface area contributed by atoms with Gasteiger partial charge in [-0.2, -0.15) is 9.78 Å². The first-order valence-electron chi connectivity index (χ1n) is 10.5. The number of benzene rings is 2. The molecule has 1 fully saturated rings. The molecule has 1 aliphatic rings. The van der Waals surface area contributed by atoms with Crippen molar-refractivity contribution < 1.29 is 4.79 Å². The number of aromatic nitrogens is 3. The van der Waals surface area contributed by atoms with Crippen LogP contribution < -0.4 is 10.5 Å². The Labute approximate surface area is 199 Å². The molecular formula is C24H20ClN5O2S. The van der Waals surface area contributed by atoms with E-state index in [1.807, 2.05) is 47.4 Å². The number of para-hydroxylation sites is 2. The summed E-state index contributed by atoms with van der Waals surface area (Å²) in [4.78, 5) is 33.7. The summed E-state index contributed by atoms with van der Waals surface area (Å²) < 4.78 is 2.39. The van der Waals surface area contributed by atoms with Crippen molar-refractivity contribution in [2.75, 3.05) is 31.1 Å². The Morgan fingerprint density at radius 1 is 1.00 bits per heavy atom. The highest BCUT2D eigenvalue weighted by Gasteiger charge is 2.23. The van der Waals surface area contributed by atoms with E-state index < -0.39 is 0 Å². The predicted molar refractivity (Wildman–Crippen MR) is 132 cm³/mol. The minimum absolute atomic E-state index is 0.0578. The van der Waals surface area contributed by atoms with Crippen LogP contribution in [0.2, 0.25) is 5.02 Å². The van der Waals surface area contributed by atoms with Crippen molar-refractivity contribution in [2.45, 2.75) is 0 Å². The second kappa shape index (κ2) is 9.17. The van der Waals surface area contributed by atoms with E-state index in [0.717, 1.165) is 15.2 Å². The van der Waals surface area contributed by atoms with Gasteiger partial charge in [-0.05, 0) is 30.3 Å². The molecule has 0 saturated carbocycles. The molecule has 9 heteroatoms. The fraction of sp³-hybridized carbons (Fsp3) is 0.167. The van der Waals surface area contributed by atoms with Gasteiger partial charge in [-0.3, -0.25) is 9.59 Å². The van der Waals surface area contributed by atoms with Gasteiger partial charge in [0.05, 0.1) is 27.8 Å². The van der Waals surface area contributed by atoms with Crippen molar-refractivity contribution in [1.82, 2.24) is 19.7 Å². The molecule has 7 nitrogen and oxygen atoms in total. The van der Waals surface area contributed by atoms with Gasteiger partial charge < -0.3 is 9.80 Å². The number of carbonyl (C=O) groups excluding carboxylic acids is 1. The highest BCUT2D eigenvalue weighted by Crippen LogP contribution is 2.24. The van der Waals surface area contributed by atoms with Crippen molar-refractivity contribution in [3.63, 3.8) is 0 Å². The van der Waals surface area contributed by atoms with Crippen molar-refractivity contribution >= 4 is 50.8 Å². The highest BCUT2D eigenvalue weighted by atomic mass is 35.5. The molecule has 1 aliphatic heterocycles. The molecule has 0 bridgehead atoms. The van der Waals surface area contributed by atoms with E-state index in [2.05, 4.69) is 10.1 Å². The second-order valence-electron chi connectivity index (χ2n) is 7.56. The summed E-state index contributed by atoms with van der Waals surface area (Å²) in [6.07, 6.45) is 4.95. The Balaban J connectivity index is 1.25. The maximum absolute atomic E-state index is 12.8. The summed E-state index contributed by atoms with van der Waals surface area (Å²) in [6, 6.07) is 17.1. The normalized spacial score (nSPS) is 14.3. The standard InChI is InChI=1S/C24H20ClN5O2S/c25-23-19(16-26-30(24(23)32)17-6-2-1-3-7-17)28-12-14-29(15-13-28)22(31)11-10-21-27-18-8-4-5-9-20(18)33-21/h1-11,16H,12-15H2/b11-10+. The minimum atomic E-state index is -0.363. The number of thiazole rings is 1. The van der Waals surface area contributed by atoms with Gasteiger partial charge >= 0.3 is 0 Å². The Morgan fingerprint density at radius 2 is 1.73 bits per heavy atom. The summed E-state index contributed by atoms with van der Waals surface area (Å²) >= 11 is 7.98. The van der Waals surface area contributed by atoms with Crippen molar-refractivity contribution in [3.05, 3.63) is 87.3 Å². The van der Waals surface area contributed by atoms with Crippen LogP contribution in [-0.2, 0) is 4.79 Å². The topological polar surface area (TPSA) is 71.3 Å². The number of rotatable bonds is 4. The maximum Gasteiger partial charge on any atom is 0.292 e. The van der Waals surface area contributed by atoms with E-state index >= 15 is 0 Å². The zero-order valence-corrected chi connectivity index (χ0v) is 19.2. The summed E-state index contributed by atoms with van der Waals surface area (Å²) in [7, 11) is 0. The number of hydrogen-bond donors (Lipinski definition) is 0. The van der Waals surface area contributed by atoms with Crippen LogP contribution >= 0.6 is 22.9 Å². The molecule has 2 aromatic carbocycles. The first-order chi connectivity index (χ1) is 16.1. The van der Waals surface area contributed by atoms with Gasteiger partial charge in [-0.15, -0.1) is 11.3 Å². The van der Waals surface area contributed by atoms with Crippen LogP contribution in [0.1, 0.15) is 5.01 Å². The largest absolute Gasteiger partial charge is 0.365 e. The molecule has 5 rings (SSSR count). The number of fused-ring (bicyclic) bond motifs is 1. The van der Waals surface area contributed by atoms with Crippen LogP contribution in [0.5, 0.6) is 0 Å². The van der Waals surface area contributed by atoms with Crippen molar-refractivity contribution in [1.29, 1.82) is 0 Å². The van der Waals surface area contributed by atoms with E-state index in [1.54, 1.807) is 46.7 Å². The minimum Gasteiger partial charge on any atom is -0.365 e. The zero-order chi connectivity index (χ0) is 22.8. The van der Waals surface area contributed by atoms with Gasteiger partial charge in [0.25, 0.3) is 5.56 Å². The van der Waals surface area contributed by atoms with Gasteiger partial charge in [0.15, 0.2) is 0 Å². The third-order valence-electron chi connectivity index (χ3n) is 5.51. The SMILES string of the molecule is O=C(/C=C/c1nc2ccccc2s1)N1CCN(c2cnn(-c3ccccc3)c(=O)c2Cl)CC1. The molecule has 0 atom stereocenters. The summed E-state index contributed by atoms with van der Waals surface area (Å²) in [5, 5.41) is 5.23. The number of anilines is 1. The predicted octanol–water partition coefficient (Wildman–Crippen LogP) is 3.86. The third-order valence-corrected chi connectivity index (χ3v) is 6.87. The average molecular weight is 478 g/mol. The van der Waals surface area contributed by atoms with Gasteiger partial charge in [0.2, 0.25) is 5.91 Å². The average Bonchev–Trinajstić information content (AvgIpc) is 3.28. The van der Waals surface area contributed by atoms with Crippen LogP contribution in [-0.4, -0.2) is 51.8 Å². The Morgan fingerprint density at radius 3 is 2.48 bits per heavy atom. The number of amides is 1. The number of piperazine rings is 1. The summed E-state index contributed by atoms with van der Waals surface area (Å²) in [5.41, 5.74) is 1.82. The van der Waals surface area contributed by atoms with Gasteiger partial charge in [-0.25, -0.2) is 4.98 Å². The van der Waals surface area contributed by atoms with Gasteiger partial charge in [0, 0.05) is 32.3 Å². The third kappa shape index (κ3) is 4.40. The smallest absolute Gasteiger partial charge is 0.292 e. The highest BCUT2D eigenvalue weighted by molar-refractivity contribution is 7.19. The molecule has 1 saturated heterocycles. The molecule has 166 valence electrons. The van der Waals surface area contributed by atoms with E-state index in [0.29, 0.717) is 37.6 Å². The van der Waals surface area contributed by atoms with Crippen LogP contribution in [0.4, 0.5) is 5.69 Å². The van der Waals surface area contributed by atoms with E-state index in [-0.39, 0.29) is 16.5 Å². The summed E-state index contributed by atoms with van der Waals surface area (Å²) in [6.45, 7) is 2.19. The van der Waals surface area contributed by atoms with E-state index in [9.17, 15) is 9.59 Å². The van der Waals surface area contributed by atoms with Crippen LogP contribution in [0.25, 0.3) is 22.0 Å². The lowest BCUT2D eigenvalue weighted by molar-refractivity contribution is -0.126. The fourth-order valence-electron chi connectivity index (χ4n) is 3.77. The number of carbonyl (C=O) groups is 1. The molecule has 2 aromatic heterocycles. The fourth-order valence-corrected chi connectivity index (χ4v) is 4.89. The van der Waals surface area contributed by atoms with Gasteiger partial charge in [0.1, 0.15) is 10.0 Å². The molecular weight excluding hydrogens is 458 g/mol. The Bertz CT molecular complexity index is 1360. The van der Waals surface area contributed by atoms with Crippen LogP contribution in [0, 0.1) is 0 Å². The number of nitrogens with zero attached hydrogens (tertiary/aromatic N) is 5. The zero-order valence-electron chi connectivity index (χ0n) is 17.6. The molecule has 0 spiro atoms. The molecule has 33 heavy (non-hydrogen) atoms. The molecule has 0 N–H and O–H groups in total. The van der Waals surface area contributed by atoms with Crippen LogP contribution in [0.3, 0.4) is 0 Å². The summed E-state index contributed by atoms with van der Waals surface area (Å²) in [5.74, 6) is -0.0578. The number of halogens is 1. The Kier molecular flexibility index (Phi) is 5.93. The van der Waals surface area contributed by atoms with Crippen molar-refractivity contribution in [2.24, 2.45) is 0 Å². The quantitative estimate of drug-likeness (QED) is 0.417. The lowest BCUT2D eigenvalue weighted by Gasteiger charge is -2.35. The van der Waals surface area contributed by atoms with E-state index in [4.69, 9.17) is 11.6 Å². The molecule has 4 aromatic rings. The monoisotopic (exact) mass is 477 g/mol. The molecule has 0 unspecified atom stereocenters. The maximum atomic E-state index is 12.8. The molecule has 1 amide bonds. The second-order valence-corrected chi connectivity index (χ2v) is 9.00. The van der Waals surface area contributed by atoms with E-state index in [1.165, 1.54) is 4.68 Å². The number of hydrogen-bond acceptors (Lipinski definition) is 6. The first-order valence-corrected chi connectivity index (χ1v) is 11.7. The van der Waals surface area contributed by atoms with Gasteiger partial charge in [-0.1, -0.05) is 41.9 Å². The molecule has 0 radical (unpaired) electrons. The molecule has 3 heterocycles. The Hall–Kier alpha value is -3.49. The van der Waals surface area contributed by atoms with Crippen LogP contribution in [0.15, 0.2) is 71.7 Å². The lowest BCUT2D eigenvalue weighted by Crippen LogP contribution is -2.48.